The standard InChI is InChI=1S/C16H16ClN5O2/c1-9-4-5-11(17)12(6-9)19-13(23)7-22-8-18-14-10(2)21(3)20-15(14)16(22)24/h4-6,8H,7H2,1-3H3,(H,19,23). The third kappa shape index (κ3) is 2.90. The molecule has 0 saturated carbocycles. The highest BCUT2D eigenvalue weighted by Gasteiger charge is 2.14. The molecule has 2 heterocycles. The van der Waals surface area contributed by atoms with Gasteiger partial charge in [-0.3, -0.25) is 18.8 Å². The Kier molecular flexibility index (Phi) is 4.11. The van der Waals surface area contributed by atoms with Gasteiger partial charge >= 0.3 is 0 Å². The van der Waals surface area contributed by atoms with Crippen LogP contribution < -0.4 is 10.9 Å². The third-order valence-corrected chi connectivity index (χ3v) is 4.13. The first-order valence-electron chi connectivity index (χ1n) is 7.31. The number of fused-ring (bicyclic) bond motifs is 1. The Bertz CT molecular complexity index is 1010. The number of nitrogens with zero attached hydrogens (tertiary/aromatic N) is 4. The zero-order valence-electron chi connectivity index (χ0n) is 13.5. The largest absolute Gasteiger partial charge is 0.323 e. The van der Waals surface area contributed by atoms with Crippen LogP contribution in [-0.2, 0) is 18.4 Å². The molecule has 3 rings (SSSR count). The van der Waals surface area contributed by atoms with Gasteiger partial charge in [0, 0.05) is 7.05 Å². The van der Waals surface area contributed by atoms with E-state index >= 15 is 0 Å². The first-order chi connectivity index (χ1) is 11.4. The number of nitrogens with one attached hydrogen (secondary N) is 1. The van der Waals surface area contributed by atoms with Crippen LogP contribution in [0.3, 0.4) is 0 Å². The number of anilines is 1. The number of aryl methyl sites for hydroxylation is 3. The highest BCUT2D eigenvalue weighted by Crippen LogP contribution is 2.22. The highest BCUT2D eigenvalue weighted by atomic mass is 35.5. The number of rotatable bonds is 3. The molecule has 0 aliphatic rings. The predicted octanol–water partition coefficient (Wildman–Crippen LogP) is 2.04. The minimum Gasteiger partial charge on any atom is -0.323 e. The van der Waals surface area contributed by atoms with Crippen LogP contribution >= 0.6 is 11.6 Å². The lowest BCUT2D eigenvalue weighted by molar-refractivity contribution is -0.116. The van der Waals surface area contributed by atoms with Crippen LogP contribution in [0.5, 0.6) is 0 Å². The first-order valence-corrected chi connectivity index (χ1v) is 7.69. The van der Waals surface area contributed by atoms with Gasteiger partial charge in [-0.1, -0.05) is 17.7 Å². The van der Waals surface area contributed by atoms with E-state index in [9.17, 15) is 9.59 Å². The summed E-state index contributed by atoms with van der Waals surface area (Å²) in [6, 6.07) is 5.33. The molecule has 0 radical (unpaired) electrons. The number of benzene rings is 1. The number of hydrogen-bond acceptors (Lipinski definition) is 4. The quantitative estimate of drug-likeness (QED) is 0.787. The van der Waals surface area contributed by atoms with Crippen molar-refractivity contribution in [3.8, 4) is 0 Å². The van der Waals surface area contributed by atoms with Gasteiger partial charge in [0.05, 0.1) is 22.7 Å². The summed E-state index contributed by atoms with van der Waals surface area (Å²) < 4.78 is 2.82. The van der Waals surface area contributed by atoms with Crippen LogP contribution in [0.15, 0.2) is 29.3 Å². The van der Waals surface area contributed by atoms with E-state index in [0.717, 1.165) is 11.3 Å². The molecule has 0 bridgehead atoms. The number of amides is 1. The molecule has 1 amide bonds. The van der Waals surface area contributed by atoms with Gasteiger partial charge in [-0.15, -0.1) is 0 Å². The fraction of sp³-hybridized carbons (Fsp3) is 0.250. The Morgan fingerprint density at radius 1 is 1.29 bits per heavy atom. The van der Waals surface area contributed by atoms with E-state index in [2.05, 4.69) is 15.4 Å². The number of hydrogen-bond donors (Lipinski definition) is 1. The fourth-order valence-corrected chi connectivity index (χ4v) is 2.57. The SMILES string of the molecule is Cc1ccc(Cl)c(NC(=O)Cn2cnc3c(C)n(C)nc3c2=O)c1. The van der Waals surface area contributed by atoms with Gasteiger partial charge < -0.3 is 5.32 Å². The maximum atomic E-state index is 12.4. The second-order valence-corrected chi connectivity index (χ2v) is 6.02. The molecule has 0 saturated heterocycles. The molecule has 3 aromatic rings. The number of carbonyl (C=O) groups is 1. The Morgan fingerprint density at radius 2 is 2.04 bits per heavy atom. The molecule has 0 fully saturated rings. The van der Waals surface area contributed by atoms with Gasteiger partial charge in [-0.2, -0.15) is 5.10 Å². The Morgan fingerprint density at radius 3 is 2.79 bits per heavy atom. The summed E-state index contributed by atoms with van der Waals surface area (Å²) in [6.45, 7) is 3.57. The van der Waals surface area contributed by atoms with E-state index in [-0.39, 0.29) is 23.5 Å². The Balaban J connectivity index is 1.87. The van der Waals surface area contributed by atoms with Crippen molar-refractivity contribution in [1.82, 2.24) is 19.3 Å². The van der Waals surface area contributed by atoms with Crippen LogP contribution in [0, 0.1) is 13.8 Å². The lowest BCUT2D eigenvalue weighted by Crippen LogP contribution is -2.28. The summed E-state index contributed by atoms with van der Waals surface area (Å²) in [4.78, 5) is 28.9. The molecule has 124 valence electrons. The maximum Gasteiger partial charge on any atom is 0.282 e. The van der Waals surface area contributed by atoms with Crippen LogP contribution in [0.25, 0.3) is 11.0 Å². The molecular weight excluding hydrogens is 330 g/mol. The predicted molar refractivity (Wildman–Crippen MR) is 92.3 cm³/mol. The summed E-state index contributed by atoms with van der Waals surface area (Å²) >= 11 is 6.06. The minimum absolute atomic E-state index is 0.165. The van der Waals surface area contributed by atoms with Crippen LogP contribution in [0.2, 0.25) is 5.02 Å². The molecule has 24 heavy (non-hydrogen) atoms. The summed E-state index contributed by atoms with van der Waals surface area (Å²) in [5.74, 6) is -0.363. The topological polar surface area (TPSA) is 81.8 Å². The van der Waals surface area contributed by atoms with Gasteiger partial charge in [-0.25, -0.2) is 4.98 Å². The normalized spacial score (nSPS) is 11.0. The van der Waals surface area contributed by atoms with Gasteiger partial charge in [0.25, 0.3) is 5.56 Å². The van der Waals surface area contributed by atoms with E-state index in [4.69, 9.17) is 11.6 Å². The summed E-state index contributed by atoms with van der Waals surface area (Å²) in [5, 5.41) is 7.31. The van der Waals surface area contributed by atoms with Crippen molar-refractivity contribution in [2.24, 2.45) is 7.05 Å². The molecule has 0 aliphatic heterocycles. The minimum atomic E-state index is -0.363. The summed E-state index contributed by atoms with van der Waals surface area (Å²) in [7, 11) is 1.74. The van der Waals surface area contributed by atoms with Crippen molar-refractivity contribution in [3.63, 3.8) is 0 Å². The molecule has 7 nitrogen and oxygen atoms in total. The molecule has 8 heteroatoms. The number of halogens is 1. The van der Waals surface area contributed by atoms with Crippen LogP contribution in [0.4, 0.5) is 5.69 Å². The fourth-order valence-electron chi connectivity index (χ4n) is 2.40. The van der Waals surface area contributed by atoms with Crippen molar-refractivity contribution < 1.29 is 4.79 Å². The van der Waals surface area contributed by atoms with Crippen molar-refractivity contribution in [3.05, 3.63) is 51.2 Å². The Labute approximate surface area is 142 Å². The van der Waals surface area contributed by atoms with Gasteiger partial charge in [0.2, 0.25) is 5.91 Å². The first kappa shape index (κ1) is 16.2. The zero-order valence-corrected chi connectivity index (χ0v) is 14.3. The molecule has 0 atom stereocenters. The smallest absolute Gasteiger partial charge is 0.282 e. The average molecular weight is 346 g/mol. The average Bonchev–Trinajstić information content (AvgIpc) is 2.82. The van der Waals surface area contributed by atoms with E-state index in [1.165, 1.54) is 10.9 Å². The maximum absolute atomic E-state index is 12.4. The second-order valence-electron chi connectivity index (χ2n) is 5.62. The van der Waals surface area contributed by atoms with E-state index in [0.29, 0.717) is 16.2 Å². The molecule has 1 N–H and O–H groups in total. The van der Waals surface area contributed by atoms with Crippen molar-refractivity contribution in [2.75, 3.05) is 5.32 Å². The van der Waals surface area contributed by atoms with Gasteiger partial charge in [0.15, 0.2) is 5.52 Å². The van der Waals surface area contributed by atoms with Gasteiger partial charge in [-0.05, 0) is 31.5 Å². The van der Waals surface area contributed by atoms with E-state index in [1.54, 1.807) is 23.9 Å². The summed E-state index contributed by atoms with van der Waals surface area (Å²) in [6.07, 6.45) is 1.36. The lowest BCUT2D eigenvalue weighted by atomic mass is 10.2. The molecular formula is C16H16ClN5O2. The third-order valence-electron chi connectivity index (χ3n) is 3.80. The number of aromatic nitrogens is 4. The number of carbonyl (C=O) groups excluding carboxylic acids is 1. The van der Waals surface area contributed by atoms with E-state index in [1.807, 2.05) is 19.9 Å². The summed E-state index contributed by atoms with van der Waals surface area (Å²) in [5.41, 5.74) is 2.72. The molecule has 1 aromatic carbocycles. The van der Waals surface area contributed by atoms with Crippen molar-refractivity contribution in [2.45, 2.75) is 20.4 Å². The van der Waals surface area contributed by atoms with Crippen molar-refractivity contribution >= 4 is 34.2 Å². The molecule has 0 aliphatic carbocycles. The van der Waals surface area contributed by atoms with Crippen molar-refractivity contribution in [1.29, 1.82) is 0 Å². The lowest BCUT2D eigenvalue weighted by Gasteiger charge is -2.09. The van der Waals surface area contributed by atoms with Crippen LogP contribution in [0.1, 0.15) is 11.3 Å². The second kappa shape index (κ2) is 6.09. The Hall–Kier alpha value is -2.67. The van der Waals surface area contributed by atoms with E-state index < -0.39 is 0 Å². The monoisotopic (exact) mass is 345 g/mol. The van der Waals surface area contributed by atoms with Crippen LogP contribution in [-0.4, -0.2) is 25.2 Å². The zero-order chi connectivity index (χ0) is 17.4. The van der Waals surface area contributed by atoms with Gasteiger partial charge in [0.1, 0.15) is 12.1 Å². The highest BCUT2D eigenvalue weighted by molar-refractivity contribution is 6.33. The molecule has 0 spiro atoms. The molecule has 0 unspecified atom stereocenters. The molecule has 2 aromatic heterocycles.